The van der Waals surface area contributed by atoms with Crippen LogP contribution in [0.3, 0.4) is 0 Å². The second-order valence-electron chi connectivity index (χ2n) is 6.68. The monoisotopic (exact) mass is 483 g/mol. The second-order valence-corrected chi connectivity index (χ2v) is 6.68. The Morgan fingerprint density at radius 2 is 2.00 bits per heavy atom. The van der Waals surface area contributed by atoms with Gasteiger partial charge in [-0.2, -0.15) is 5.10 Å². The van der Waals surface area contributed by atoms with E-state index in [9.17, 15) is 0 Å². The van der Waals surface area contributed by atoms with Gasteiger partial charge in [-0.05, 0) is 49.3 Å². The van der Waals surface area contributed by atoms with E-state index < -0.39 is 0 Å². The van der Waals surface area contributed by atoms with Crippen LogP contribution in [0.15, 0.2) is 47.7 Å². The molecule has 1 aromatic heterocycles. The largest absolute Gasteiger partial charge is 0.381 e. The summed E-state index contributed by atoms with van der Waals surface area (Å²) in [5, 5.41) is 11.1. The highest BCUT2D eigenvalue weighted by atomic mass is 127. The summed E-state index contributed by atoms with van der Waals surface area (Å²) in [6, 6.07) is 10.1. The molecule has 1 saturated carbocycles. The van der Waals surface area contributed by atoms with Crippen LogP contribution in [0.1, 0.15) is 24.8 Å². The van der Waals surface area contributed by atoms with Crippen molar-refractivity contribution in [2.75, 3.05) is 33.4 Å². The van der Waals surface area contributed by atoms with Crippen LogP contribution in [-0.2, 0) is 11.2 Å². The fraction of sp³-hybridized carbons (Fsp3) is 0.500. The van der Waals surface area contributed by atoms with Gasteiger partial charge in [0.05, 0.1) is 11.9 Å². The van der Waals surface area contributed by atoms with Gasteiger partial charge in [0, 0.05) is 39.5 Å². The summed E-state index contributed by atoms with van der Waals surface area (Å²) in [4.78, 5) is 4.26. The number of aliphatic imine (C=N–C) groups is 1. The third-order valence-electron chi connectivity index (χ3n) is 4.39. The minimum Gasteiger partial charge on any atom is -0.381 e. The van der Waals surface area contributed by atoms with Crippen LogP contribution < -0.4 is 10.6 Å². The molecule has 0 spiro atoms. The average Bonchev–Trinajstić information content (AvgIpc) is 3.39. The quantitative estimate of drug-likeness (QED) is 0.236. The molecule has 2 aromatic rings. The number of benzene rings is 1. The summed E-state index contributed by atoms with van der Waals surface area (Å²) in [6.07, 6.45) is 8.58. The van der Waals surface area contributed by atoms with Gasteiger partial charge in [0.2, 0.25) is 0 Å². The van der Waals surface area contributed by atoms with E-state index >= 15 is 0 Å². The molecule has 1 aromatic carbocycles. The second kappa shape index (κ2) is 12.0. The Morgan fingerprint density at radius 1 is 1.22 bits per heavy atom. The zero-order chi connectivity index (χ0) is 18.0. The average molecular weight is 483 g/mol. The molecule has 0 atom stereocenters. The van der Waals surface area contributed by atoms with E-state index in [1.807, 2.05) is 29.1 Å². The summed E-state index contributed by atoms with van der Waals surface area (Å²) in [7, 11) is 1.80. The fourth-order valence-electron chi connectivity index (χ4n) is 2.67. The van der Waals surface area contributed by atoms with Crippen LogP contribution in [0.25, 0.3) is 5.69 Å². The third kappa shape index (κ3) is 7.88. The van der Waals surface area contributed by atoms with Crippen molar-refractivity contribution in [2.45, 2.75) is 25.7 Å². The molecule has 6 nitrogen and oxygen atoms in total. The first-order chi connectivity index (χ1) is 12.8. The van der Waals surface area contributed by atoms with Gasteiger partial charge in [0.1, 0.15) is 0 Å². The highest BCUT2D eigenvalue weighted by Gasteiger charge is 2.20. The van der Waals surface area contributed by atoms with E-state index in [0.717, 1.165) is 56.7 Å². The minimum atomic E-state index is 0. The van der Waals surface area contributed by atoms with E-state index in [1.54, 1.807) is 7.05 Å². The molecular formula is C20H30IN5O. The maximum atomic E-state index is 5.64. The summed E-state index contributed by atoms with van der Waals surface area (Å²) in [5.74, 6) is 1.67. The van der Waals surface area contributed by atoms with Crippen LogP contribution in [0.5, 0.6) is 0 Å². The van der Waals surface area contributed by atoms with Crippen molar-refractivity contribution in [3.8, 4) is 5.69 Å². The lowest BCUT2D eigenvalue weighted by Gasteiger charge is -2.11. The predicted octanol–water partition coefficient (Wildman–Crippen LogP) is 3.01. The van der Waals surface area contributed by atoms with Crippen molar-refractivity contribution in [1.29, 1.82) is 0 Å². The van der Waals surface area contributed by atoms with Gasteiger partial charge in [0.15, 0.2) is 5.96 Å². The van der Waals surface area contributed by atoms with Gasteiger partial charge in [0.25, 0.3) is 0 Å². The van der Waals surface area contributed by atoms with Crippen LogP contribution in [-0.4, -0.2) is 49.1 Å². The highest BCUT2D eigenvalue weighted by molar-refractivity contribution is 14.0. The molecule has 148 valence electrons. The van der Waals surface area contributed by atoms with Crippen LogP contribution in [0.2, 0.25) is 0 Å². The zero-order valence-corrected chi connectivity index (χ0v) is 18.3. The highest BCUT2D eigenvalue weighted by Crippen LogP contribution is 2.28. The Morgan fingerprint density at radius 3 is 2.74 bits per heavy atom. The molecular weight excluding hydrogens is 453 g/mol. The summed E-state index contributed by atoms with van der Waals surface area (Å²) < 4.78 is 7.55. The summed E-state index contributed by atoms with van der Waals surface area (Å²) >= 11 is 0. The number of para-hydroxylation sites is 1. The summed E-state index contributed by atoms with van der Waals surface area (Å²) in [6.45, 7) is 3.44. The molecule has 3 rings (SSSR count). The van der Waals surface area contributed by atoms with Crippen LogP contribution in [0.4, 0.5) is 0 Å². The van der Waals surface area contributed by atoms with Gasteiger partial charge in [-0.15, -0.1) is 24.0 Å². The first kappa shape index (κ1) is 21.7. The van der Waals surface area contributed by atoms with Crippen molar-refractivity contribution in [3.63, 3.8) is 0 Å². The normalized spacial score (nSPS) is 13.9. The van der Waals surface area contributed by atoms with Crippen molar-refractivity contribution in [3.05, 3.63) is 48.3 Å². The first-order valence-electron chi connectivity index (χ1n) is 9.46. The van der Waals surface area contributed by atoms with Crippen molar-refractivity contribution < 1.29 is 4.74 Å². The molecule has 0 unspecified atom stereocenters. The van der Waals surface area contributed by atoms with Crippen molar-refractivity contribution >= 4 is 29.9 Å². The van der Waals surface area contributed by atoms with Gasteiger partial charge in [-0.1, -0.05) is 18.2 Å². The van der Waals surface area contributed by atoms with E-state index in [-0.39, 0.29) is 24.0 Å². The number of rotatable bonds is 10. The van der Waals surface area contributed by atoms with Crippen LogP contribution >= 0.6 is 24.0 Å². The van der Waals surface area contributed by atoms with E-state index in [0.29, 0.717) is 0 Å². The topological polar surface area (TPSA) is 63.5 Å². The Balaban J connectivity index is 0.00000261. The Hall–Kier alpha value is -1.61. The molecule has 1 aliphatic rings. The predicted molar refractivity (Wildman–Crippen MR) is 120 cm³/mol. The molecule has 1 aliphatic carbocycles. The van der Waals surface area contributed by atoms with E-state index in [1.165, 1.54) is 18.4 Å². The number of hydrogen-bond donors (Lipinski definition) is 2. The molecule has 7 heteroatoms. The van der Waals surface area contributed by atoms with Crippen molar-refractivity contribution in [2.24, 2.45) is 10.9 Å². The molecule has 0 bridgehead atoms. The smallest absolute Gasteiger partial charge is 0.190 e. The SMILES string of the molecule is CN=C(NCCCOCC1CC1)NCCc1cnn(-c2ccccc2)c1.I. The number of nitrogens with one attached hydrogen (secondary N) is 2. The van der Waals surface area contributed by atoms with Crippen LogP contribution in [0, 0.1) is 5.92 Å². The molecule has 2 N–H and O–H groups in total. The van der Waals surface area contributed by atoms with E-state index in [2.05, 4.69) is 39.1 Å². The number of nitrogens with zero attached hydrogens (tertiary/aromatic N) is 3. The Kier molecular flexibility index (Phi) is 9.61. The Labute approximate surface area is 178 Å². The number of hydrogen-bond acceptors (Lipinski definition) is 3. The molecule has 0 saturated heterocycles. The van der Waals surface area contributed by atoms with Gasteiger partial charge >= 0.3 is 0 Å². The number of aromatic nitrogens is 2. The van der Waals surface area contributed by atoms with Gasteiger partial charge < -0.3 is 15.4 Å². The summed E-state index contributed by atoms with van der Waals surface area (Å²) in [5.41, 5.74) is 2.28. The number of ether oxygens (including phenoxy) is 1. The maximum absolute atomic E-state index is 5.64. The molecule has 0 radical (unpaired) electrons. The zero-order valence-electron chi connectivity index (χ0n) is 15.9. The molecule has 0 aliphatic heterocycles. The standard InChI is InChI=1S/C20H29N5O.HI/c1-21-20(22-11-5-13-26-16-17-8-9-17)23-12-10-18-14-24-25(15-18)19-6-3-2-4-7-19;/h2-4,6-7,14-15,17H,5,8-13,16H2,1H3,(H2,21,22,23);1H. The van der Waals surface area contributed by atoms with E-state index in [4.69, 9.17) is 4.74 Å². The minimum absolute atomic E-state index is 0. The van der Waals surface area contributed by atoms with Crippen molar-refractivity contribution in [1.82, 2.24) is 20.4 Å². The lowest BCUT2D eigenvalue weighted by Crippen LogP contribution is -2.39. The Bertz CT molecular complexity index is 685. The lowest BCUT2D eigenvalue weighted by atomic mass is 10.2. The lowest BCUT2D eigenvalue weighted by molar-refractivity contribution is 0.123. The fourth-order valence-corrected chi connectivity index (χ4v) is 2.67. The number of halogens is 1. The molecule has 0 amide bonds. The maximum Gasteiger partial charge on any atom is 0.190 e. The molecule has 1 heterocycles. The number of guanidine groups is 1. The third-order valence-corrected chi connectivity index (χ3v) is 4.39. The molecule has 27 heavy (non-hydrogen) atoms. The van der Waals surface area contributed by atoms with Gasteiger partial charge in [-0.3, -0.25) is 4.99 Å². The van der Waals surface area contributed by atoms with Gasteiger partial charge in [-0.25, -0.2) is 4.68 Å². The molecule has 1 fully saturated rings. The first-order valence-corrected chi connectivity index (χ1v) is 9.46.